The quantitative estimate of drug-likeness (QED) is 0.0393. The zero-order chi connectivity index (χ0) is 54.5. The highest BCUT2D eigenvalue weighted by Gasteiger charge is 2.81. The number of ether oxygens (including phenoxy) is 8. The number of hydrogen-bond acceptors (Lipinski definition) is 12. The molecule has 4 heterocycles. The maximum Gasteiger partial charge on any atom is 0.380 e. The Labute approximate surface area is 457 Å². The fourth-order valence-electron chi connectivity index (χ4n) is 9.13. The van der Waals surface area contributed by atoms with E-state index in [1.807, 2.05) is 38.1 Å². The molecule has 0 unspecified atom stereocenters. The molecule has 18 heteroatoms. The van der Waals surface area contributed by atoms with Gasteiger partial charge in [-0.3, -0.25) is 0 Å². The molecule has 0 saturated heterocycles. The van der Waals surface area contributed by atoms with Crippen molar-refractivity contribution in [3.05, 3.63) is 127 Å². The first-order valence-corrected chi connectivity index (χ1v) is 28.8. The third kappa shape index (κ3) is 11.8. The average molecular weight is 1130 g/mol. The molecule has 6 aromatic rings. The molecule has 0 atom stereocenters. The van der Waals surface area contributed by atoms with E-state index in [-0.39, 0.29) is 58.1 Å². The highest BCUT2D eigenvalue weighted by molar-refractivity contribution is 7.24. The van der Waals surface area contributed by atoms with Crippen molar-refractivity contribution in [2.24, 2.45) is 0 Å². The van der Waals surface area contributed by atoms with E-state index < -0.39 is 34.3 Å². The fourth-order valence-corrected chi connectivity index (χ4v) is 14.3. The van der Waals surface area contributed by atoms with Gasteiger partial charge in [-0.1, -0.05) is 65.8 Å². The van der Waals surface area contributed by atoms with Crippen LogP contribution in [-0.4, -0.2) is 110 Å². The summed E-state index contributed by atoms with van der Waals surface area (Å²) in [6.07, 6.45) is 0. The third-order valence-corrected chi connectivity index (χ3v) is 18.9. The van der Waals surface area contributed by atoms with Gasteiger partial charge in [0.25, 0.3) is 0 Å². The maximum absolute atomic E-state index is 17.1. The minimum atomic E-state index is -5.76. The Morgan fingerprint density at radius 3 is 1.04 bits per heavy atom. The van der Waals surface area contributed by atoms with Crippen LogP contribution < -0.4 is 9.47 Å². The van der Waals surface area contributed by atoms with Gasteiger partial charge in [0, 0.05) is 74.5 Å². The molecule has 2 aliphatic rings. The minimum absolute atomic E-state index is 0.193. The summed E-state index contributed by atoms with van der Waals surface area (Å²) < 4.78 is 146. The zero-order valence-corrected chi connectivity index (χ0v) is 47.4. The van der Waals surface area contributed by atoms with Crippen molar-refractivity contribution in [1.82, 2.24) is 0 Å². The van der Waals surface area contributed by atoms with Crippen LogP contribution >= 0.6 is 45.3 Å². The van der Waals surface area contributed by atoms with Crippen molar-refractivity contribution in [2.45, 2.75) is 89.4 Å². The molecule has 0 spiro atoms. The van der Waals surface area contributed by atoms with Crippen molar-refractivity contribution in [3.8, 4) is 31.0 Å². The van der Waals surface area contributed by atoms with Crippen molar-refractivity contribution >= 4 is 56.5 Å². The molecule has 0 N–H and O–H groups in total. The molecule has 2 aliphatic carbocycles. The molecule has 0 radical (unpaired) electrons. The number of hydrogen-bond donors (Lipinski definition) is 0. The highest BCUT2D eigenvalue weighted by Crippen LogP contribution is 2.70. The summed E-state index contributed by atoms with van der Waals surface area (Å²) in [6.45, 7) is 21.7. The number of halogens is 6. The van der Waals surface area contributed by atoms with Crippen LogP contribution in [0.25, 0.3) is 30.7 Å². The van der Waals surface area contributed by atoms with Crippen LogP contribution in [0.5, 0.6) is 11.5 Å². The van der Waals surface area contributed by atoms with Gasteiger partial charge < -0.3 is 37.9 Å². The van der Waals surface area contributed by atoms with E-state index in [9.17, 15) is 0 Å². The lowest BCUT2D eigenvalue weighted by molar-refractivity contribution is -0.254. The summed E-state index contributed by atoms with van der Waals surface area (Å²) in [6, 6.07) is 24.6. The summed E-state index contributed by atoms with van der Waals surface area (Å²) in [5.74, 6) is -15.4. The maximum atomic E-state index is 17.1. The molecule has 0 aliphatic heterocycles. The summed E-state index contributed by atoms with van der Waals surface area (Å²) in [4.78, 5) is 4.70. The van der Waals surface area contributed by atoms with Crippen molar-refractivity contribution in [3.63, 3.8) is 0 Å². The molecule has 0 fully saturated rings. The van der Waals surface area contributed by atoms with Crippen LogP contribution in [0.1, 0.15) is 97.2 Å². The Morgan fingerprint density at radius 1 is 0.395 bits per heavy atom. The number of thiophene rings is 4. The van der Waals surface area contributed by atoms with Gasteiger partial charge in [0.1, 0.15) is 24.7 Å². The molecule has 0 amide bonds. The fraction of sp³-hybridized carbons (Fsp3) is 0.483. The largest absolute Gasteiger partial charge is 0.491 e. The Morgan fingerprint density at radius 2 is 0.724 bits per heavy atom. The van der Waals surface area contributed by atoms with Crippen LogP contribution in [0.4, 0.5) is 26.3 Å². The topological polar surface area (TPSA) is 73.8 Å². The lowest BCUT2D eigenvalue weighted by Gasteiger charge is -2.36. The highest BCUT2D eigenvalue weighted by atomic mass is 32.1. The van der Waals surface area contributed by atoms with Gasteiger partial charge in [-0.15, -0.1) is 45.3 Å². The van der Waals surface area contributed by atoms with Crippen LogP contribution in [-0.2, 0) is 44.7 Å². The van der Waals surface area contributed by atoms with Crippen molar-refractivity contribution in [1.29, 1.82) is 0 Å². The van der Waals surface area contributed by atoms with Gasteiger partial charge in [0.05, 0.1) is 71.5 Å². The van der Waals surface area contributed by atoms with Gasteiger partial charge in [0.15, 0.2) is 0 Å². The average Bonchev–Trinajstić information content (AvgIpc) is 4.23. The number of fused-ring (bicyclic) bond motifs is 4. The van der Waals surface area contributed by atoms with Crippen LogP contribution in [0.2, 0.25) is 0 Å². The number of allylic oxidation sites excluding steroid dienone is 2. The number of benzene rings is 2. The first-order chi connectivity index (χ1) is 36.2. The second-order valence-corrected chi connectivity index (χ2v) is 24.6. The first-order valence-electron chi connectivity index (χ1n) is 25.5. The van der Waals surface area contributed by atoms with Gasteiger partial charge >= 0.3 is 17.8 Å². The Balaban J connectivity index is 1.27. The monoisotopic (exact) mass is 1130 g/mol. The second kappa shape index (κ2) is 24.1. The second-order valence-electron chi connectivity index (χ2n) is 20.3. The lowest BCUT2D eigenvalue weighted by atomic mass is 9.70. The minimum Gasteiger partial charge on any atom is -0.491 e. The summed E-state index contributed by atoms with van der Waals surface area (Å²) in [7, 11) is 0. The third-order valence-electron chi connectivity index (χ3n) is 13.0. The van der Waals surface area contributed by atoms with Gasteiger partial charge in [-0.05, 0) is 96.5 Å². The standard InChI is InChI=1S/C58H66F6O8S4/c1-9-65-23-25-67-27-29-69-31-33-71-39-15-11-37(12-16-39)55(38-13-17-40(18-14-38)72-34-32-70-30-28-68-26-24-66-10-2)51-41(35-45(75-51)43-19-21-47(73-43)53(3,4)5)49-50(57(61,62)58(63,64)56(49,59)60)42-36-46(76-52(42)55)44-20-22-48(74-44)54(6,7)8/h11-22,35-36H,9-10,23-34H2,1-8H3. The molecule has 412 valence electrons. The molecular weight excluding hydrogens is 1070 g/mol. The van der Waals surface area contributed by atoms with Crippen LogP contribution in [0.15, 0.2) is 84.9 Å². The summed E-state index contributed by atoms with van der Waals surface area (Å²) >= 11 is 5.18. The molecule has 4 aromatic heterocycles. The van der Waals surface area contributed by atoms with E-state index in [4.69, 9.17) is 37.9 Å². The SMILES string of the molecule is CCOCCOCCOCCOc1ccc(C2(c3ccc(OCCOCCOCCOCC)cc3)c3sc(-c4ccc(C(C)(C)C)s4)cc3C3=C(c4cc(-c5ccc(C(C)(C)C)s5)sc42)C(F)(F)C(F)(F)C3(F)F)cc1. The molecule has 76 heavy (non-hydrogen) atoms. The summed E-state index contributed by atoms with van der Waals surface area (Å²) in [5, 5.41) is 0. The van der Waals surface area contributed by atoms with E-state index in [2.05, 4.69) is 41.5 Å². The van der Waals surface area contributed by atoms with Gasteiger partial charge in [-0.25, -0.2) is 0 Å². The molecule has 8 rings (SSSR count). The van der Waals surface area contributed by atoms with Crippen LogP contribution in [0, 0.1) is 0 Å². The van der Waals surface area contributed by atoms with Crippen LogP contribution in [0.3, 0.4) is 0 Å². The van der Waals surface area contributed by atoms with Crippen molar-refractivity contribution < 1.29 is 64.2 Å². The summed E-state index contributed by atoms with van der Waals surface area (Å²) in [5.41, 5.74) is -4.66. The molecular formula is C58H66F6O8S4. The number of alkyl halides is 6. The number of rotatable bonds is 26. The molecule has 0 bridgehead atoms. The Hall–Kier alpha value is -4.08. The molecule has 2 aromatic carbocycles. The van der Waals surface area contributed by atoms with Gasteiger partial charge in [0.2, 0.25) is 0 Å². The lowest BCUT2D eigenvalue weighted by Crippen LogP contribution is -2.49. The molecule has 8 nitrogen and oxygen atoms in total. The molecule has 0 saturated carbocycles. The first kappa shape index (κ1) is 58.1. The Bertz CT molecular complexity index is 2700. The van der Waals surface area contributed by atoms with Gasteiger partial charge in [-0.2, -0.15) is 26.3 Å². The zero-order valence-electron chi connectivity index (χ0n) is 44.1. The van der Waals surface area contributed by atoms with E-state index >= 15 is 26.3 Å². The van der Waals surface area contributed by atoms with E-state index in [0.29, 0.717) is 108 Å². The smallest absolute Gasteiger partial charge is 0.380 e. The van der Waals surface area contributed by atoms with E-state index in [1.54, 1.807) is 48.5 Å². The normalized spacial score (nSPS) is 16.4. The van der Waals surface area contributed by atoms with E-state index in [0.717, 1.165) is 32.4 Å². The predicted molar refractivity (Wildman–Crippen MR) is 293 cm³/mol. The van der Waals surface area contributed by atoms with E-state index in [1.165, 1.54) is 34.8 Å². The predicted octanol–water partition coefficient (Wildman–Crippen LogP) is 15.3. The Kier molecular flexibility index (Phi) is 18.4. The van der Waals surface area contributed by atoms with Crippen molar-refractivity contribution in [2.75, 3.05) is 92.5 Å².